The van der Waals surface area contributed by atoms with Crippen LogP contribution < -0.4 is 0 Å². The van der Waals surface area contributed by atoms with Crippen LogP contribution in [-0.4, -0.2) is 14.1 Å². The van der Waals surface area contributed by atoms with Gasteiger partial charge in [0.1, 0.15) is 8.07 Å². The summed E-state index contributed by atoms with van der Waals surface area (Å²) in [5.41, 5.74) is 6.05. The molecule has 0 unspecified atom stereocenters. The molecule has 5 heteroatoms. The Labute approximate surface area is 186 Å². The largest absolute Gasteiger partial charge is 0.341 e. The minimum atomic E-state index is -2.38. The summed E-state index contributed by atoms with van der Waals surface area (Å²) in [4.78, 5) is 0. The summed E-state index contributed by atoms with van der Waals surface area (Å²) >= 11 is 17.7. The third-order valence-electron chi connectivity index (χ3n) is 5.93. The van der Waals surface area contributed by atoms with E-state index in [0.717, 1.165) is 35.5 Å². The first kappa shape index (κ1) is 27.9. The van der Waals surface area contributed by atoms with Crippen molar-refractivity contribution < 1.29 is 0 Å². The highest BCUT2D eigenvalue weighted by Crippen LogP contribution is 2.40. The Morgan fingerprint density at radius 1 is 0.593 bits per heavy atom. The maximum absolute atomic E-state index is 5.90. The first-order valence-electron chi connectivity index (χ1n) is 11.1. The Kier molecular flexibility index (Phi) is 15.3. The molecule has 0 fully saturated rings. The van der Waals surface area contributed by atoms with E-state index in [1.165, 1.54) is 51.4 Å². The van der Waals surface area contributed by atoms with Crippen molar-refractivity contribution in [3.05, 3.63) is 0 Å². The fourth-order valence-corrected chi connectivity index (χ4v) is 11.6. The molecule has 0 saturated carbocycles. The molecule has 27 heavy (non-hydrogen) atoms. The van der Waals surface area contributed by atoms with Crippen molar-refractivity contribution in [2.75, 3.05) is 0 Å². The van der Waals surface area contributed by atoms with Crippen LogP contribution in [0.15, 0.2) is 0 Å². The molecule has 0 N–H and O–H groups in total. The van der Waals surface area contributed by atoms with Gasteiger partial charge in [-0.1, -0.05) is 92.9 Å². The zero-order chi connectivity index (χ0) is 20.9. The van der Waals surface area contributed by atoms with Gasteiger partial charge in [0.05, 0.1) is 0 Å². The van der Waals surface area contributed by atoms with E-state index < -0.39 is 14.1 Å². The Morgan fingerprint density at radius 2 is 0.963 bits per heavy atom. The monoisotopic (exact) mass is 468 g/mol. The highest BCUT2D eigenvalue weighted by atomic mass is 35.8. The second-order valence-corrected chi connectivity index (χ2v) is 23.9. The molecule has 0 atom stereocenters. The number of halogens is 3. The van der Waals surface area contributed by atoms with Gasteiger partial charge in [-0.3, -0.25) is 0 Å². The number of unbranched alkanes of at least 4 members (excludes halogenated alkanes) is 9. The van der Waals surface area contributed by atoms with Gasteiger partial charge in [0.25, 0.3) is 0 Å². The Morgan fingerprint density at radius 3 is 1.33 bits per heavy atom. The van der Waals surface area contributed by atoms with Crippen LogP contribution >= 0.6 is 33.2 Å². The van der Waals surface area contributed by atoms with Crippen molar-refractivity contribution in [2.24, 2.45) is 0 Å². The SMILES string of the molecule is CC(C)[Si](C#CCCCCCCCCCCC[Si](Cl)(Cl)Cl)(C(C)C)C(C)C. The summed E-state index contributed by atoms with van der Waals surface area (Å²) < 4.78 is 0. The lowest BCUT2D eigenvalue weighted by Gasteiger charge is -2.38. The quantitative estimate of drug-likeness (QED) is 0.103. The summed E-state index contributed by atoms with van der Waals surface area (Å²) in [6, 6.07) is -1.56. The van der Waals surface area contributed by atoms with E-state index in [4.69, 9.17) is 33.2 Å². The lowest BCUT2D eigenvalue weighted by molar-refractivity contribution is 0.567. The van der Waals surface area contributed by atoms with Crippen LogP contribution in [0.5, 0.6) is 0 Å². The lowest BCUT2D eigenvalue weighted by Crippen LogP contribution is -2.43. The molecule has 0 saturated heterocycles. The summed E-state index contributed by atoms with van der Waals surface area (Å²) in [7, 11) is -1.52. The van der Waals surface area contributed by atoms with Crippen LogP contribution in [0.2, 0.25) is 22.7 Å². The van der Waals surface area contributed by atoms with Crippen LogP contribution in [0.25, 0.3) is 0 Å². The molecule has 0 aliphatic carbocycles. The molecule has 0 amide bonds. The molecule has 0 aliphatic heterocycles. The second-order valence-electron chi connectivity index (χ2n) is 9.00. The lowest BCUT2D eigenvalue weighted by atomic mass is 10.1. The highest BCUT2D eigenvalue weighted by Gasteiger charge is 2.41. The molecule has 0 spiro atoms. The van der Waals surface area contributed by atoms with E-state index in [1.54, 1.807) is 0 Å². The Hall–Kier alpha value is 0.864. The molecular formula is C22H43Cl3Si2. The molecule has 160 valence electrons. The van der Waals surface area contributed by atoms with Crippen LogP contribution in [-0.2, 0) is 0 Å². The van der Waals surface area contributed by atoms with Crippen molar-refractivity contribution >= 4 is 47.3 Å². The number of hydrogen-bond donors (Lipinski definition) is 0. The summed E-state index contributed by atoms with van der Waals surface area (Å²) in [5, 5.41) is 0. The average Bonchev–Trinajstić information content (AvgIpc) is 2.53. The molecule has 0 heterocycles. The van der Waals surface area contributed by atoms with Crippen LogP contribution in [0.1, 0.15) is 106 Å². The maximum atomic E-state index is 5.90. The molecule has 0 aromatic rings. The molecule has 0 nitrogen and oxygen atoms in total. The first-order chi connectivity index (χ1) is 12.5. The van der Waals surface area contributed by atoms with E-state index in [9.17, 15) is 0 Å². The smallest absolute Gasteiger partial charge is 0.130 e. The molecule has 0 aromatic carbocycles. The zero-order valence-corrected chi connectivity index (χ0v) is 22.9. The molecule has 0 rings (SSSR count). The predicted octanol–water partition coefficient (Wildman–Crippen LogP) is 9.76. The molecule has 0 bridgehead atoms. The summed E-state index contributed by atoms with van der Waals surface area (Å²) in [5.74, 6) is 3.59. The topological polar surface area (TPSA) is 0 Å². The van der Waals surface area contributed by atoms with Gasteiger partial charge in [0, 0.05) is 6.42 Å². The Bertz CT molecular complexity index is 409. The van der Waals surface area contributed by atoms with Gasteiger partial charge in [0.2, 0.25) is 0 Å². The van der Waals surface area contributed by atoms with E-state index in [2.05, 4.69) is 53.0 Å². The van der Waals surface area contributed by atoms with Gasteiger partial charge in [-0.05, 0) is 29.1 Å². The van der Waals surface area contributed by atoms with Crippen LogP contribution in [0.3, 0.4) is 0 Å². The third kappa shape index (κ3) is 12.2. The van der Waals surface area contributed by atoms with Crippen LogP contribution in [0.4, 0.5) is 0 Å². The van der Waals surface area contributed by atoms with Gasteiger partial charge in [-0.25, -0.2) is 0 Å². The fourth-order valence-electron chi connectivity index (χ4n) is 4.42. The van der Waals surface area contributed by atoms with E-state index in [0.29, 0.717) is 0 Å². The van der Waals surface area contributed by atoms with Gasteiger partial charge in [-0.2, -0.15) is 0 Å². The van der Waals surface area contributed by atoms with E-state index in [-0.39, 0.29) is 0 Å². The van der Waals surface area contributed by atoms with Crippen molar-refractivity contribution in [1.29, 1.82) is 0 Å². The standard InChI is InChI=1S/C22H43Cl3Si2/c1-20(2)26(21(3)4,22(5)6)18-16-14-12-10-8-7-9-11-13-15-17-19-27(23,24)25/h20-22H,7-15,17,19H2,1-6H3. The Balaban J connectivity index is 3.85. The number of rotatable bonds is 14. The van der Waals surface area contributed by atoms with Gasteiger partial charge in [0.15, 0.2) is 0 Å². The minimum Gasteiger partial charge on any atom is -0.130 e. The van der Waals surface area contributed by atoms with Gasteiger partial charge in [-0.15, -0.1) is 44.7 Å². The first-order valence-corrected chi connectivity index (χ1v) is 18.6. The third-order valence-corrected chi connectivity index (χ3v) is 14.9. The fraction of sp³-hybridized carbons (Fsp3) is 0.909. The van der Waals surface area contributed by atoms with Crippen molar-refractivity contribution in [2.45, 2.75) is 128 Å². The molecule has 0 radical (unpaired) electrons. The zero-order valence-electron chi connectivity index (χ0n) is 18.6. The van der Waals surface area contributed by atoms with E-state index in [1.807, 2.05) is 0 Å². The minimum absolute atomic E-state index is 0.738. The molecule has 0 aromatic heterocycles. The molecule has 0 aliphatic rings. The van der Waals surface area contributed by atoms with Gasteiger partial charge < -0.3 is 0 Å². The second kappa shape index (κ2) is 14.8. The predicted molar refractivity (Wildman–Crippen MR) is 133 cm³/mol. The average molecular weight is 470 g/mol. The van der Waals surface area contributed by atoms with E-state index >= 15 is 0 Å². The molecular weight excluding hydrogens is 427 g/mol. The number of hydrogen-bond acceptors (Lipinski definition) is 0. The van der Waals surface area contributed by atoms with Crippen molar-refractivity contribution in [3.8, 4) is 11.5 Å². The van der Waals surface area contributed by atoms with Crippen LogP contribution in [0, 0.1) is 11.5 Å². The van der Waals surface area contributed by atoms with Crippen molar-refractivity contribution in [3.63, 3.8) is 0 Å². The van der Waals surface area contributed by atoms with Crippen molar-refractivity contribution in [1.82, 2.24) is 0 Å². The highest BCUT2D eigenvalue weighted by molar-refractivity contribution is 7.64. The summed E-state index contributed by atoms with van der Waals surface area (Å²) in [6.45, 7) is 14.3. The maximum Gasteiger partial charge on any atom is 0.341 e. The normalized spacial score (nSPS) is 12.7. The van der Waals surface area contributed by atoms with Gasteiger partial charge >= 0.3 is 6.00 Å². The summed E-state index contributed by atoms with van der Waals surface area (Å²) in [6.07, 6.45) is 12.6.